The van der Waals surface area contributed by atoms with Crippen molar-refractivity contribution in [3.05, 3.63) is 77.9 Å². The van der Waals surface area contributed by atoms with Crippen LogP contribution in [0.1, 0.15) is 24.1 Å². The van der Waals surface area contributed by atoms with Crippen LogP contribution in [0.5, 0.6) is 0 Å². The second-order valence-electron chi connectivity index (χ2n) is 5.17. The van der Waals surface area contributed by atoms with Gasteiger partial charge in [-0.3, -0.25) is 0 Å². The molecule has 0 aliphatic heterocycles. The average Bonchev–Trinajstić information content (AvgIpc) is 2.54. The van der Waals surface area contributed by atoms with E-state index in [1.807, 2.05) is 24.3 Å². The Balaban J connectivity index is 1.86. The van der Waals surface area contributed by atoms with Crippen LogP contribution in [-0.2, 0) is 0 Å². The van der Waals surface area contributed by atoms with Crippen LogP contribution in [0.15, 0.2) is 66.7 Å². The van der Waals surface area contributed by atoms with E-state index < -0.39 is 0 Å². The predicted molar refractivity (Wildman–Crippen MR) is 87.1 cm³/mol. The van der Waals surface area contributed by atoms with Gasteiger partial charge in [0.25, 0.3) is 0 Å². The van der Waals surface area contributed by atoms with E-state index in [9.17, 15) is 0 Å². The van der Waals surface area contributed by atoms with Crippen molar-refractivity contribution in [3.63, 3.8) is 0 Å². The monoisotopic (exact) mass is 272 g/mol. The van der Waals surface area contributed by atoms with E-state index in [0.29, 0.717) is 5.56 Å². The number of hydrogen-bond donors (Lipinski definition) is 1. The van der Waals surface area contributed by atoms with Crippen molar-refractivity contribution in [1.82, 2.24) is 0 Å². The standard InChI is InChI=1S/C19H16N2/c1-14(21-19-8-4-5-15(11-19)13-20)17-10-9-16-6-2-3-7-18(16)12-17/h2-12,14,21H,1H3. The lowest BCUT2D eigenvalue weighted by Gasteiger charge is -2.16. The van der Waals surface area contributed by atoms with E-state index in [-0.39, 0.29) is 6.04 Å². The topological polar surface area (TPSA) is 35.8 Å². The molecule has 1 unspecified atom stereocenters. The fourth-order valence-corrected chi connectivity index (χ4v) is 2.49. The Hall–Kier alpha value is -2.79. The molecule has 0 spiro atoms. The molecule has 1 atom stereocenters. The molecule has 2 heteroatoms. The minimum Gasteiger partial charge on any atom is -0.378 e. The van der Waals surface area contributed by atoms with Crippen LogP contribution in [0.25, 0.3) is 10.8 Å². The van der Waals surface area contributed by atoms with Crippen LogP contribution < -0.4 is 5.32 Å². The van der Waals surface area contributed by atoms with Crippen molar-refractivity contribution in [2.24, 2.45) is 0 Å². The van der Waals surface area contributed by atoms with E-state index in [0.717, 1.165) is 5.69 Å². The maximum Gasteiger partial charge on any atom is 0.0992 e. The third-order valence-corrected chi connectivity index (χ3v) is 3.65. The van der Waals surface area contributed by atoms with Crippen LogP contribution >= 0.6 is 0 Å². The minimum atomic E-state index is 0.184. The summed E-state index contributed by atoms with van der Waals surface area (Å²) in [5, 5.41) is 14.9. The summed E-state index contributed by atoms with van der Waals surface area (Å²) in [5.74, 6) is 0. The summed E-state index contributed by atoms with van der Waals surface area (Å²) in [7, 11) is 0. The van der Waals surface area contributed by atoms with Gasteiger partial charge in [-0.15, -0.1) is 0 Å². The molecule has 2 nitrogen and oxygen atoms in total. The first kappa shape index (κ1) is 13.2. The first-order valence-corrected chi connectivity index (χ1v) is 7.02. The number of nitriles is 1. The molecule has 3 aromatic carbocycles. The number of hydrogen-bond acceptors (Lipinski definition) is 2. The third-order valence-electron chi connectivity index (χ3n) is 3.65. The molecule has 0 aliphatic rings. The summed E-state index contributed by atoms with van der Waals surface area (Å²) in [5.41, 5.74) is 2.87. The summed E-state index contributed by atoms with van der Waals surface area (Å²) in [4.78, 5) is 0. The molecule has 0 saturated heterocycles. The van der Waals surface area contributed by atoms with E-state index >= 15 is 0 Å². The van der Waals surface area contributed by atoms with Gasteiger partial charge in [0.1, 0.15) is 0 Å². The van der Waals surface area contributed by atoms with Gasteiger partial charge in [0.15, 0.2) is 0 Å². The predicted octanol–water partition coefficient (Wildman–Crippen LogP) is 4.88. The Morgan fingerprint density at radius 2 is 1.71 bits per heavy atom. The molecule has 0 bridgehead atoms. The quantitative estimate of drug-likeness (QED) is 0.737. The first-order chi connectivity index (χ1) is 10.3. The number of nitrogens with zero attached hydrogens (tertiary/aromatic N) is 1. The highest BCUT2D eigenvalue weighted by Crippen LogP contribution is 2.23. The number of anilines is 1. The van der Waals surface area contributed by atoms with Gasteiger partial charge in [-0.2, -0.15) is 5.26 Å². The molecule has 0 radical (unpaired) electrons. The van der Waals surface area contributed by atoms with Gasteiger partial charge in [0.2, 0.25) is 0 Å². The summed E-state index contributed by atoms with van der Waals surface area (Å²) in [6.07, 6.45) is 0. The van der Waals surface area contributed by atoms with Gasteiger partial charge >= 0.3 is 0 Å². The minimum absolute atomic E-state index is 0.184. The maximum absolute atomic E-state index is 8.95. The van der Waals surface area contributed by atoms with Crippen molar-refractivity contribution in [1.29, 1.82) is 5.26 Å². The summed E-state index contributed by atoms with van der Waals surface area (Å²) in [6.45, 7) is 2.13. The van der Waals surface area contributed by atoms with Gasteiger partial charge in [-0.25, -0.2) is 0 Å². The smallest absolute Gasteiger partial charge is 0.0992 e. The molecule has 3 rings (SSSR count). The Morgan fingerprint density at radius 1 is 0.905 bits per heavy atom. The molecule has 0 saturated carbocycles. The van der Waals surface area contributed by atoms with Crippen LogP contribution in [0.3, 0.4) is 0 Å². The lowest BCUT2D eigenvalue weighted by Crippen LogP contribution is -2.06. The molecule has 21 heavy (non-hydrogen) atoms. The Kier molecular flexibility index (Phi) is 3.57. The zero-order valence-electron chi connectivity index (χ0n) is 11.9. The van der Waals surface area contributed by atoms with Crippen LogP contribution in [-0.4, -0.2) is 0 Å². The summed E-state index contributed by atoms with van der Waals surface area (Å²) >= 11 is 0. The molecule has 0 fully saturated rings. The molecular formula is C19H16N2. The van der Waals surface area contributed by atoms with E-state index in [1.54, 1.807) is 0 Å². The van der Waals surface area contributed by atoms with Crippen molar-refractivity contribution >= 4 is 16.5 Å². The summed E-state index contributed by atoms with van der Waals surface area (Å²) in [6, 6.07) is 24.8. The third kappa shape index (κ3) is 2.88. The lowest BCUT2D eigenvalue weighted by atomic mass is 10.0. The highest BCUT2D eigenvalue weighted by Gasteiger charge is 2.06. The molecule has 0 aliphatic carbocycles. The zero-order chi connectivity index (χ0) is 14.7. The van der Waals surface area contributed by atoms with Gasteiger partial charge in [-0.05, 0) is 47.5 Å². The molecule has 102 valence electrons. The van der Waals surface area contributed by atoms with Crippen molar-refractivity contribution < 1.29 is 0 Å². The molecule has 3 aromatic rings. The number of nitrogens with one attached hydrogen (secondary N) is 1. The molecule has 0 amide bonds. The van der Waals surface area contributed by atoms with Gasteiger partial charge in [0.05, 0.1) is 11.6 Å². The number of fused-ring (bicyclic) bond motifs is 1. The largest absolute Gasteiger partial charge is 0.378 e. The van der Waals surface area contributed by atoms with Crippen LogP contribution in [0.4, 0.5) is 5.69 Å². The van der Waals surface area contributed by atoms with Gasteiger partial charge < -0.3 is 5.32 Å². The fourth-order valence-electron chi connectivity index (χ4n) is 2.49. The van der Waals surface area contributed by atoms with Gasteiger partial charge in [0, 0.05) is 11.7 Å². The second kappa shape index (κ2) is 5.68. The van der Waals surface area contributed by atoms with Crippen molar-refractivity contribution in [2.45, 2.75) is 13.0 Å². The fraction of sp³-hybridized carbons (Fsp3) is 0.105. The van der Waals surface area contributed by atoms with Crippen molar-refractivity contribution in [2.75, 3.05) is 5.32 Å². The first-order valence-electron chi connectivity index (χ1n) is 7.02. The van der Waals surface area contributed by atoms with E-state index in [1.165, 1.54) is 16.3 Å². The second-order valence-corrected chi connectivity index (χ2v) is 5.17. The lowest BCUT2D eigenvalue weighted by molar-refractivity contribution is 0.887. The molecule has 0 aromatic heterocycles. The average molecular weight is 272 g/mol. The van der Waals surface area contributed by atoms with Crippen LogP contribution in [0, 0.1) is 11.3 Å². The highest BCUT2D eigenvalue weighted by atomic mass is 14.9. The Bertz CT molecular complexity index is 815. The van der Waals surface area contributed by atoms with E-state index in [2.05, 4.69) is 60.8 Å². The molecule has 0 heterocycles. The SMILES string of the molecule is CC(Nc1cccc(C#N)c1)c1ccc2ccccc2c1. The summed E-state index contributed by atoms with van der Waals surface area (Å²) < 4.78 is 0. The van der Waals surface area contributed by atoms with Crippen molar-refractivity contribution in [3.8, 4) is 6.07 Å². The van der Waals surface area contributed by atoms with Gasteiger partial charge in [-0.1, -0.05) is 42.5 Å². The Labute approximate surface area is 124 Å². The molecule has 1 N–H and O–H groups in total. The zero-order valence-corrected chi connectivity index (χ0v) is 11.9. The number of benzene rings is 3. The van der Waals surface area contributed by atoms with Crippen LogP contribution in [0.2, 0.25) is 0 Å². The number of rotatable bonds is 3. The normalized spacial score (nSPS) is 11.8. The maximum atomic E-state index is 8.95. The molecular weight excluding hydrogens is 256 g/mol. The van der Waals surface area contributed by atoms with E-state index in [4.69, 9.17) is 5.26 Å². The highest BCUT2D eigenvalue weighted by molar-refractivity contribution is 5.83. The Morgan fingerprint density at radius 3 is 2.52 bits per heavy atom.